The number of oxazole rings is 1. The van der Waals surface area contributed by atoms with Crippen LogP contribution >= 0.6 is 0 Å². The Labute approximate surface area is 110 Å². The van der Waals surface area contributed by atoms with Crippen LogP contribution in [-0.4, -0.2) is 24.6 Å². The van der Waals surface area contributed by atoms with E-state index in [2.05, 4.69) is 15.0 Å². The van der Waals surface area contributed by atoms with Crippen LogP contribution in [0, 0.1) is 0 Å². The molecule has 0 atom stereocenters. The Bertz CT molecular complexity index is 549. The molecule has 0 bridgehead atoms. The molecule has 6 heteroatoms. The van der Waals surface area contributed by atoms with Gasteiger partial charge < -0.3 is 20.2 Å². The van der Waals surface area contributed by atoms with Crippen LogP contribution in [0.1, 0.15) is 16.1 Å². The Kier molecular flexibility index (Phi) is 4.15. The number of nitrogens with zero attached hydrogens (tertiary/aromatic N) is 1. The van der Waals surface area contributed by atoms with Crippen molar-refractivity contribution in [2.24, 2.45) is 5.73 Å². The molecule has 3 N–H and O–H groups in total. The number of hydrogen-bond acceptors (Lipinski definition) is 6. The third-order valence-corrected chi connectivity index (χ3v) is 2.51. The van der Waals surface area contributed by atoms with Crippen LogP contribution < -0.4 is 11.1 Å². The fourth-order valence-corrected chi connectivity index (χ4v) is 1.56. The van der Waals surface area contributed by atoms with Gasteiger partial charge in [-0.2, -0.15) is 4.98 Å². The number of aromatic nitrogens is 1. The van der Waals surface area contributed by atoms with Gasteiger partial charge in [-0.25, -0.2) is 4.79 Å². The van der Waals surface area contributed by atoms with Crippen molar-refractivity contribution in [3.05, 3.63) is 41.8 Å². The normalized spacial score (nSPS) is 10.2. The highest BCUT2D eigenvalue weighted by Gasteiger charge is 2.06. The zero-order valence-electron chi connectivity index (χ0n) is 10.6. The highest BCUT2D eigenvalue weighted by atomic mass is 16.5. The van der Waals surface area contributed by atoms with Crippen molar-refractivity contribution in [3.8, 4) is 0 Å². The van der Waals surface area contributed by atoms with Crippen molar-refractivity contribution in [2.45, 2.75) is 6.42 Å². The van der Waals surface area contributed by atoms with E-state index in [4.69, 9.17) is 10.2 Å². The van der Waals surface area contributed by atoms with E-state index in [1.54, 1.807) is 30.5 Å². The Morgan fingerprint density at radius 1 is 1.42 bits per heavy atom. The van der Waals surface area contributed by atoms with Gasteiger partial charge in [0.15, 0.2) is 0 Å². The molecule has 100 valence electrons. The fraction of sp³-hybridized carbons (Fsp3) is 0.231. The Balaban J connectivity index is 2.04. The van der Waals surface area contributed by atoms with Crippen LogP contribution in [0.2, 0.25) is 0 Å². The molecule has 0 saturated carbocycles. The molecule has 6 nitrogen and oxygen atoms in total. The van der Waals surface area contributed by atoms with Gasteiger partial charge in [0.2, 0.25) is 0 Å². The van der Waals surface area contributed by atoms with E-state index in [0.717, 1.165) is 11.4 Å². The number of nitrogens with one attached hydrogen (secondary N) is 1. The Hall–Kier alpha value is -2.34. The second-order valence-electron chi connectivity index (χ2n) is 3.88. The van der Waals surface area contributed by atoms with Gasteiger partial charge in [0.1, 0.15) is 6.26 Å². The standard InChI is InChI=1S/C13H15N3O3/c1-18-12(17)9-2-4-10(5-3-9)15-13-16-11(6-7-14)8-19-13/h2-5,8H,6-7,14H2,1H3,(H,15,16). The summed E-state index contributed by atoms with van der Waals surface area (Å²) in [6.45, 7) is 0.528. The lowest BCUT2D eigenvalue weighted by atomic mass is 10.2. The van der Waals surface area contributed by atoms with E-state index < -0.39 is 0 Å². The molecule has 0 aliphatic heterocycles. The van der Waals surface area contributed by atoms with E-state index >= 15 is 0 Å². The maximum absolute atomic E-state index is 11.3. The number of nitrogens with two attached hydrogens (primary N) is 1. The van der Waals surface area contributed by atoms with Gasteiger partial charge in [-0.15, -0.1) is 0 Å². The topological polar surface area (TPSA) is 90.4 Å². The van der Waals surface area contributed by atoms with Gasteiger partial charge in [-0.3, -0.25) is 0 Å². The molecule has 0 aliphatic rings. The van der Waals surface area contributed by atoms with Crippen molar-refractivity contribution in [3.63, 3.8) is 0 Å². The number of hydrogen-bond donors (Lipinski definition) is 2. The lowest BCUT2D eigenvalue weighted by molar-refractivity contribution is 0.0601. The van der Waals surface area contributed by atoms with Gasteiger partial charge in [-0.05, 0) is 30.8 Å². The van der Waals surface area contributed by atoms with Gasteiger partial charge >= 0.3 is 5.97 Å². The minimum absolute atomic E-state index is 0.368. The second kappa shape index (κ2) is 6.01. The van der Waals surface area contributed by atoms with Gasteiger partial charge in [0.25, 0.3) is 6.01 Å². The van der Waals surface area contributed by atoms with Gasteiger partial charge in [0, 0.05) is 12.1 Å². The van der Waals surface area contributed by atoms with Crippen LogP contribution in [-0.2, 0) is 11.2 Å². The molecular weight excluding hydrogens is 246 g/mol. The molecule has 0 radical (unpaired) electrons. The van der Waals surface area contributed by atoms with E-state index in [9.17, 15) is 4.79 Å². The van der Waals surface area contributed by atoms with Crippen LogP contribution in [0.3, 0.4) is 0 Å². The average molecular weight is 261 g/mol. The first kappa shape index (κ1) is 13.1. The quantitative estimate of drug-likeness (QED) is 0.796. The molecule has 1 aromatic carbocycles. The highest BCUT2D eigenvalue weighted by Crippen LogP contribution is 2.17. The summed E-state index contributed by atoms with van der Waals surface area (Å²) in [6, 6.07) is 7.22. The highest BCUT2D eigenvalue weighted by molar-refractivity contribution is 5.89. The molecule has 0 saturated heterocycles. The third kappa shape index (κ3) is 3.32. The van der Waals surface area contributed by atoms with Crippen LogP contribution in [0.25, 0.3) is 0 Å². The summed E-state index contributed by atoms with van der Waals surface area (Å²) in [5, 5.41) is 3.00. The minimum Gasteiger partial charge on any atom is -0.465 e. The number of benzene rings is 1. The van der Waals surface area contributed by atoms with E-state index in [-0.39, 0.29) is 5.97 Å². The third-order valence-electron chi connectivity index (χ3n) is 2.51. The van der Waals surface area contributed by atoms with Crippen LogP contribution in [0.15, 0.2) is 34.9 Å². The summed E-state index contributed by atoms with van der Waals surface area (Å²) in [5.41, 5.74) is 7.50. The van der Waals surface area contributed by atoms with E-state index in [0.29, 0.717) is 24.5 Å². The monoisotopic (exact) mass is 261 g/mol. The fourth-order valence-electron chi connectivity index (χ4n) is 1.56. The number of ether oxygens (including phenoxy) is 1. The van der Waals surface area contributed by atoms with Gasteiger partial charge in [-0.1, -0.05) is 0 Å². The van der Waals surface area contributed by atoms with Crippen molar-refractivity contribution in [2.75, 3.05) is 19.0 Å². The molecule has 0 spiro atoms. The minimum atomic E-state index is -0.368. The molecule has 19 heavy (non-hydrogen) atoms. The van der Waals surface area contributed by atoms with E-state index in [1.807, 2.05) is 0 Å². The Morgan fingerprint density at radius 2 is 2.16 bits per heavy atom. The summed E-state index contributed by atoms with van der Waals surface area (Å²) in [6.07, 6.45) is 2.24. The molecule has 0 amide bonds. The molecule has 0 fully saturated rings. The van der Waals surface area contributed by atoms with Crippen LogP contribution in [0.5, 0.6) is 0 Å². The smallest absolute Gasteiger partial charge is 0.337 e. The molecule has 1 aromatic heterocycles. The number of esters is 1. The van der Waals surface area contributed by atoms with E-state index in [1.165, 1.54) is 7.11 Å². The van der Waals surface area contributed by atoms with Crippen LogP contribution in [0.4, 0.5) is 11.7 Å². The maximum Gasteiger partial charge on any atom is 0.337 e. The van der Waals surface area contributed by atoms with Gasteiger partial charge in [0.05, 0.1) is 18.4 Å². The number of carbonyl (C=O) groups is 1. The summed E-state index contributed by atoms with van der Waals surface area (Å²) in [4.78, 5) is 15.5. The SMILES string of the molecule is COC(=O)c1ccc(Nc2nc(CCN)co2)cc1. The predicted octanol–water partition coefficient (Wildman–Crippen LogP) is 1.71. The molecule has 1 heterocycles. The number of carbonyl (C=O) groups excluding carboxylic acids is 1. The summed E-state index contributed by atoms with van der Waals surface area (Å²) < 4.78 is 9.87. The summed E-state index contributed by atoms with van der Waals surface area (Å²) in [5.74, 6) is -0.368. The lowest BCUT2D eigenvalue weighted by Crippen LogP contribution is -2.03. The Morgan fingerprint density at radius 3 is 2.79 bits per heavy atom. The largest absolute Gasteiger partial charge is 0.465 e. The molecule has 0 aliphatic carbocycles. The maximum atomic E-state index is 11.3. The number of rotatable bonds is 5. The molecule has 0 unspecified atom stereocenters. The average Bonchev–Trinajstić information content (AvgIpc) is 2.86. The molecule has 2 aromatic rings. The first-order valence-corrected chi connectivity index (χ1v) is 5.83. The number of methoxy groups -OCH3 is 1. The zero-order chi connectivity index (χ0) is 13.7. The van der Waals surface area contributed by atoms with Crippen molar-refractivity contribution in [1.29, 1.82) is 0 Å². The summed E-state index contributed by atoms with van der Waals surface area (Å²) >= 11 is 0. The second-order valence-corrected chi connectivity index (χ2v) is 3.88. The first-order chi connectivity index (χ1) is 9.22. The summed E-state index contributed by atoms with van der Waals surface area (Å²) in [7, 11) is 1.35. The predicted molar refractivity (Wildman–Crippen MR) is 70.3 cm³/mol. The first-order valence-electron chi connectivity index (χ1n) is 5.83. The molecular formula is C13H15N3O3. The zero-order valence-corrected chi connectivity index (χ0v) is 10.6. The number of anilines is 2. The lowest BCUT2D eigenvalue weighted by Gasteiger charge is -2.03. The molecule has 2 rings (SSSR count). The van der Waals surface area contributed by atoms with Crippen molar-refractivity contribution >= 4 is 17.7 Å². The van der Waals surface area contributed by atoms with Crippen molar-refractivity contribution < 1.29 is 13.9 Å². The van der Waals surface area contributed by atoms with Crippen molar-refractivity contribution in [1.82, 2.24) is 4.98 Å².